The predicted octanol–water partition coefficient (Wildman–Crippen LogP) is 1.61. The van der Waals surface area contributed by atoms with E-state index in [9.17, 15) is 4.79 Å². The van der Waals surface area contributed by atoms with E-state index in [-0.39, 0.29) is 0 Å². The number of rotatable bonds is 5. The van der Waals surface area contributed by atoms with Gasteiger partial charge >= 0.3 is 6.09 Å². The van der Waals surface area contributed by atoms with Gasteiger partial charge in [0.05, 0.1) is 7.11 Å². The van der Waals surface area contributed by atoms with Gasteiger partial charge < -0.3 is 9.47 Å². The van der Waals surface area contributed by atoms with E-state index in [2.05, 4.69) is 16.6 Å². The lowest BCUT2D eigenvalue weighted by atomic mass is 10.4. The van der Waals surface area contributed by atoms with Crippen LogP contribution < -0.4 is 5.32 Å². The van der Waals surface area contributed by atoms with E-state index < -0.39 is 12.3 Å². The van der Waals surface area contributed by atoms with Gasteiger partial charge in [0.25, 0.3) is 0 Å². The van der Waals surface area contributed by atoms with Crippen LogP contribution in [0.4, 0.5) is 4.79 Å². The second-order valence-corrected chi connectivity index (χ2v) is 2.30. The van der Waals surface area contributed by atoms with Gasteiger partial charge in [0.15, 0.2) is 6.23 Å². The number of carbonyl (C=O) groups excluding carboxylic acids is 1. The first-order valence-corrected chi connectivity index (χ1v) is 4.07. The van der Waals surface area contributed by atoms with Crippen LogP contribution in [0.3, 0.4) is 0 Å². The molecule has 0 bridgehead atoms. The van der Waals surface area contributed by atoms with E-state index in [1.165, 1.54) is 14.2 Å². The first-order chi connectivity index (χ1) is 6.74. The number of alkyl carbamates (subject to hydrolysis) is 1. The van der Waals surface area contributed by atoms with Gasteiger partial charge in [0.1, 0.15) is 0 Å². The molecule has 4 nitrogen and oxygen atoms in total. The van der Waals surface area contributed by atoms with Gasteiger partial charge in [-0.1, -0.05) is 30.9 Å². The van der Waals surface area contributed by atoms with Gasteiger partial charge in [-0.3, -0.25) is 5.32 Å². The predicted molar refractivity (Wildman–Crippen MR) is 54.8 cm³/mol. The summed E-state index contributed by atoms with van der Waals surface area (Å²) in [7, 11) is 2.78. The van der Waals surface area contributed by atoms with Crippen molar-refractivity contribution in [3.63, 3.8) is 0 Å². The van der Waals surface area contributed by atoms with Crippen LogP contribution in [0.1, 0.15) is 0 Å². The van der Waals surface area contributed by atoms with Gasteiger partial charge in [-0.25, -0.2) is 4.79 Å². The molecule has 1 N–H and O–H groups in total. The van der Waals surface area contributed by atoms with Crippen LogP contribution in [0.5, 0.6) is 0 Å². The van der Waals surface area contributed by atoms with Crippen molar-refractivity contribution in [2.75, 3.05) is 14.2 Å². The Morgan fingerprint density at radius 2 is 2.07 bits per heavy atom. The number of hydrogen-bond acceptors (Lipinski definition) is 3. The molecule has 1 amide bonds. The smallest absolute Gasteiger partial charge is 0.409 e. The molecule has 0 rings (SSSR count). The van der Waals surface area contributed by atoms with Crippen molar-refractivity contribution in [3.8, 4) is 0 Å². The van der Waals surface area contributed by atoms with Gasteiger partial charge in [0.2, 0.25) is 0 Å². The van der Waals surface area contributed by atoms with Crippen molar-refractivity contribution in [1.29, 1.82) is 0 Å². The minimum Gasteiger partial charge on any atom is -0.453 e. The summed E-state index contributed by atoms with van der Waals surface area (Å²) in [5.41, 5.74) is 0. The molecule has 0 aliphatic rings. The highest BCUT2D eigenvalue weighted by Crippen LogP contribution is 1.90. The van der Waals surface area contributed by atoms with Crippen LogP contribution >= 0.6 is 0 Å². The summed E-state index contributed by atoms with van der Waals surface area (Å²) in [4.78, 5) is 10.8. The van der Waals surface area contributed by atoms with Crippen LogP contribution in [-0.4, -0.2) is 26.5 Å². The number of allylic oxidation sites excluding steroid dienone is 4. The van der Waals surface area contributed by atoms with Crippen molar-refractivity contribution in [1.82, 2.24) is 5.32 Å². The zero-order valence-electron chi connectivity index (χ0n) is 8.40. The Kier molecular flexibility index (Phi) is 7.17. The Labute approximate surface area is 83.9 Å². The Morgan fingerprint density at radius 1 is 1.36 bits per heavy atom. The molecular formula is C10H15NO3. The molecule has 0 radical (unpaired) electrons. The van der Waals surface area contributed by atoms with E-state index >= 15 is 0 Å². The molecule has 0 aliphatic heterocycles. The average molecular weight is 197 g/mol. The van der Waals surface area contributed by atoms with Crippen molar-refractivity contribution in [2.45, 2.75) is 6.23 Å². The van der Waals surface area contributed by atoms with E-state index in [4.69, 9.17) is 4.74 Å². The van der Waals surface area contributed by atoms with Crippen LogP contribution in [0.25, 0.3) is 0 Å². The largest absolute Gasteiger partial charge is 0.453 e. The Bertz CT molecular complexity index is 234. The third-order valence-electron chi connectivity index (χ3n) is 1.34. The highest BCUT2D eigenvalue weighted by Gasteiger charge is 2.05. The molecule has 0 saturated heterocycles. The van der Waals surface area contributed by atoms with Crippen LogP contribution in [0.2, 0.25) is 0 Å². The maximum absolute atomic E-state index is 10.8. The molecule has 0 saturated carbocycles. The molecule has 0 aliphatic carbocycles. The highest BCUT2D eigenvalue weighted by atomic mass is 16.6. The first-order valence-electron chi connectivity index (χ1n) is 4.07. The quantitative estimate of drug-likeness (QED) is 0.538. The zero-order chi connectivity index (χ0) is 10.8. The van der Waals surface area contributed by atoms with E-state index in [0.29, 0.717) is 0 Å². The molecule has 1 atom stereocenters. The summed E-state index contributed by atoms with van der Waals surface area (Å²) in [6, 6.07) is 0. The zero-order valence-corrected chi connectivity index (χ0v) is 8.40. The molecule has 0 aromatic carbocycles. The Morgan fingerprint density at radius 3 is 2.57 bits per heavy atom. The minimum absolute atomic E-state index is 0.489. The summed E-state index contributed by atoms with van der Waals surface area (Å²) in [5.74, 6) is 0. The molecule has 0 heterocycles. The van der Waals surface area contributed by atoms with E-state index in [1.54, 1.807) is 30.4 Å². The van der Waals surface area contributed by atoms with E-state index in [1.807, 2.05) is 0 Å². The van der Waals surface area contributed by atoms with Crippen molar-refractivity contribution >= 4 is 6.09 Å². The second-order valence-electron chi connectivity index (χ2n) is 2.30. The monoisotopic (exact) mass is 197 g/mol. The maximum Gasteiger partial charge on any atom is 0.409 e. The van der Waals surface area contributed by atoms with Crippen molar-refractivity contribution in [2.24, 2.45) is 0 Å². The summed E-state index contributed by atoms with van der Waals surface area (Å²) in [6.07, 6.45) is 7.59. The fourth-order valence-corrected chi connectivity index (χ4v) is 0.668. The van der Waals surface area contributed by atoms with Crippen LogP contribution in [0, 0.1) is 0 Å². The molecule has 1 unspecified atom stereocenters. The topological polar surface area (TPSA) is 47.6 Å². The summed E-state index contributed by atoms with van der Waals surface area (Å²) in [6.45, 7) is 3.52. The Hall–Kier alpha value is -1.55. The minimum atomic E-state index is -0.533. The lowest BCUT2D eigenvalue weighted by molar-refractivity contribution is 0.0974. The number of nitrogens with one attached hydrogen (secondary N) is 1. The molecule has 14 heavy (non-hydrogen) atoms. The van der Waals surface area contributed by atoms with Gasteiger partial charge in [0, 0.05) is 7.11 Å². The van der Waals surface area contributed by atoms with Gasteiger partial charge in [-0.2, -0.15) is 0 Å². The standard InChI is InChI=1S/C10H15NO3/c1-4-5-6-7-8-9(13-2)11-10(12)14-3/h4-9H,1H2,2-3H3,(H,11,12)/b6-5-,8-7-. The molecule has 0 aromatic rings. The molecule has 0 fully saturated rings. The fourth-order valence-electron chi connectivity index (χ4n) is 0.668. The first kappa shape index (κ1) is 12.4. The number of carbonyl (C=O) groups is 1. The van der Waals surface area contributed by atoms with Gasteiger partial charge in [-0.15, -0.1) is 0 Å². The molecular weight excluding hydrogens is 182 g/mol. The van der Waals surface area contributed by atoms with Crippen molar-refractivity contribution in [3.05, 3.63) is 37.0 Å². The molecule has 0 aromatic heterocycles. The lowest BCUT2D eigenvalue weighted by Crippen LogP contribution is -2.34. The third kappa shape index (κ3) is 6.02. The maximum atomic E-state index is 10.8. The van der Waals surface area contributed by atoms with Crippen LogP contribution in [0.15, 0.2) is 37.0 Å². The number of hydrogen-bond donors (Lipinski definition) is 1. The molecule has 78 valence electrons. The number of amides is 1. The molecule has 0 spiro atoms. The Balaban J connectivity index is 4.01. The lowest BCUT2D eigenvalue weighted by Gasteiger charge is -2.11. The van der Waals surface area contributed by atoms with Crippen LogP contribution in [-0.2, 0) is 9.47 Å². The van der Waals surface area contributed by atoms with Gasteiger partial charge in [-0.05, 0) is 6.08 Å². The SMILES string of the molecule is C=C/C=C\C=C/C(NC(=O)OC)OC. The number of ether oxygens (including phenoxy) is 2. The third-order valence-corrected chi connectivity index (χ3v) is 1.34. The normalized spacial score (nSPS) is 13.0. The second kappa shape index (κ2) is 8.07. The summed E-state index contributed by atoms with van der Waals surface area (Å²) >= 11 is 0. The summed E-state index contributed by atoms with van der Waals surface area (Å²) in [5, 5.41) is 2.46. The summed E-state index contributed by atoms with van der Waals surface area (Å²) < 4.78 is 9.36. The molecule has 4 heteroatoms. The highest BCUT2D eigenvalue weighted by molar-refractivity contribution is 5.67. The number of methoxy groups -OCH3 is 2. The average Bonchev–Trinajstić information content (AvgIpc) is 2.22. The van der Waals surface area contributed by atoms with Crippen molar-refractivity contribution < 1.29 is 14.3 Å². The van der Waals surface area contributed by atoms with E-state index in [0.717, 1.165) is 0 Å². The fraction of sp³-hybridized carbons (Fsp3) is 0.300.